The van der Waals surface area contributed by atoms with Crippen LogP contribution in [0.1, 0.15) is 12.5 Å². The van der Waals surface area contributed by atoms with E-state index < -0.39 is 6.10 Å². The lowest BCUT2D eigenvalue weighted by atomic mass is 9.90. The van der Waals surface area contributed by atoms with Gasteiger partial charge < -0.3 is 20.5 Å². The number of aromatic nitrogens is 4. The molecule has 0 aromatic carbocycles. The lowest BCUT2D eigenvalue weighted by Crippen LogP contribution is -2.29. The molecule has 8 nitrogen and oxygen atoms in total. The van der Waals surface area contributed by atoms with E-state index in [1.54, 1.807) is 10.6 Å². The molecule has 0 bridgehead atoms. The molecular formula is C12H15N5O3. The van der Waals surface area contributed by atoms with Gasteiger partial charge in [-0.2, -0.15) is 4.98 Å². The van der Waals surface area contributed by atoms with Gasteiger partial charge in [-0.15, -0.1) is 0 Å². The van der Waals surface area contributed by atoms with Gasteiger partial charge in [0.1, 0.15) is 0 Å². The first kappa shape index (κ1) is 12.8. The Morgan fingerprint density at radius 3 is 3.00 bits per heavy atom. The molecule has 2 aromatic heterocycles. The first-order valence-corrected chi connectivity index (χ1v) is 6.29. The minimum atomic E-state index is -0.646. The number of aliphatic hydroxyl groups is 2. The number of fused-ring (bicyclic) bond motifs is 1. The van der Waals surface area contributed by atoms with Gasteiger partial charge in [-0.05, 0) is 6.42 Å². The number of nitrogens with zero attached hydrogens (tertiary/aromatic N) is 3. The summed E-state index contributed by atoms with van der Waals surface area (Å²) in [6.45, 7) is -0.0973. The fraction of sp³-hybridized carbons (Fsp3) is 0.417. The molecule has 0 aliphatic heterocycles. The molecule has 0 amide bonds. The van der Waals surface area contributed by atoms with Gasteiger partial charge in [0.25, 0.3) is 5.56 Å². The molecule has 1 aliphatic rings. The van der Waals surface area contributed by atoms with Crippen LogP contribution in [0.25, 0.3) is 11.2 Å². The maximum absolute atomic E-state index is 11.7. The van der Waals surface area contributed by atoms with E-state index in [0.29, 0.717) is 12.1 Å². The van der Waals surface area contributed by atoms with E-state index in [2.05, 4.69) is 15.0 Å². The first-order chi connectivity index (χ1) is 9.60. The van der Waals surface area contributed by atoms with Crippen LogP contribution in [0.15, 0.2) is 23.3 Å². The maximum Gasteiger partial charge on any atom is 0.280 e. The van der Waals surface area contributed by atoms with Crippen LogP contribution in [-0.2, 0) is 0 Å². The zero-order valence-corrected chi connectivity index (χ0v) is 10.6. The third-order valence-corrected chi connectivity index (χ3v) is 3.58. The molecule has 2 heterocycles. The molecule has 1 aliphatic carbocycles. The van der Waals surface area contributed by atoms with Crippen LogP contribution in [0.2, 0.25) is 0 Å². The Balaban J connectivity index is 2.06. The van der Waals surface area contributed by atoms with Gasteiger partial charge >= 0.3 is 0 Å². The SMILES string of the molecule is Nc1nc2c(ncn2[C@@H]2C=C[C@H](CO)[C@@H](O)C2)c(=O)[nH]1. The highest BCUT2D eigenvalue weighted by molar-refractivity contribution is 5.70. The summed E-state index contributed by atoms with van der Waals surface area (Å²) in [5.41, 5.74) is 5.75. The molecule has 0 fully saturated rings. The second-order valence-corrected chi connectivity index (χ2v) is 4.88. The monoisotopic (exact) mass is 277 g/mol. The molecule has 20 heavy (non-hydrogen) atoms. The van der Waals surface area contributed by atoms with Crippen LogP contribution in [0, 0.1) is 5.92 Å². The summed E-state index contributed by atoms with van der Waals surface area (Å²) < 4.78 is 1.70. The molecule has 2 aromatic rings. The summed E-state index contributed by atoms with van der Waals surface area (Å²) in [7, 11) is 0. The highest BCUT2D eigenvalue weighted by Gasteiger charge is 2.26. The van der Waals surface area contributed by atoms with Crippen LogP contribution >= 0.6 is 0 Å². The summed E-state index contributed by atoms with van der Waals surface area (Å²) in [5.74, 6) is -0.236. The molecule has 106 valence electrons. The fourth-order valence-corrected chi connectivity index (χ4v) is 2.47. The van der Waals surface area contributed by atoms with Gasteiger partial charge in [-0.25, -0.2) is 4.98 Å². The number of aliphatic hydroxyl groups excluding tert-OH is 2. The van der Waals surface area contributed by atoms with E-state index in [0.717, 1.165) is 0 Å². The van der Waals surface area contributed by atoms with Crippen molar-refractivity contribution in [2.45, 2.75) is 18.6 Å². The summed E-state index contributed by atoms with van der Waals surface area (Å²) in [5, 5.41) is 19.1. The number of imidazole rings is 1. The molecule has 0 unspecified atom stereocenters. The summed E-state index contributed by atoms with van der Waals surface area (Å²) >= 11 is 0. The molecule has 0 spiro atoms. The minimum absolute atomic E-state index is 0.0258. The van der Waals surface area contributed by atoms with Crippen molar-refractivity contribution in [3.05, 3.63) is 28.8 Å². The zero-order chi connectivity index (χ0) is 14.3. The van der Waals surface area contributed by atoms with Crippen LogP contribution in [0.5, 0.6) is 0 Å². The number of hydrogen-bond donors (Lipinski definition) is 4. The predicted molar refractivity (Wildman–Crippen MR) is 71.9 cm³/mol. The van der Waals surface area contributed by atoms with E-state index in [-0.39, 0.29) is 35.6 Å². The van der Waals surface area contributed by atoms with Gasteiger partial charge in [-0.3, -0.25) is 9.78 Å². The Morgan fingerprint density at radius 1 is 1.50 bits per heavy atom. The highest BCUT2D eigenvalue weighted by Crippen LogP contribution is 2.28. The highest BCUT2D eigenvalue weighted by atomic mass is 16.3. The molecule has 5 N–H and O–H groups in total. The van der Waals surface area contributed by atoms with E-state index in [9.17, 15) is 9.90 Å². The predicted octanol–water partition coefficient (Wildman–Crippen LogP) is -0.828. The van der Waals surface area contributed by atoms with Gasteiger partial charge in [-0.1, -0.05) is 12.2 Å². The Labute approximate surface area is 113 Å². The van der Waals surface area contributed by atoms with Gasteiger partial charge in [0, 0.05) is 5.92 Å². The molecule has 8 heteroatoms. The van der Waals surface area contributed by atoms with Crippen LogP contribution in [0.3, 0.4) is 0 Å². The Bertz CT molecular complexity index is 719. The largest absolute Gasteiger partial charge is 0.396 e. The Morgan fingerprint density at radius 2 is 2.30 bits per heavy atom. The summed E-state index contributed by atoms with van der Waals surface area (Å²) in [6, 6.07) is -0.175. The van der Waals surface area contributed by atoms with Crippen molar-refractivity contribution in [1.29, 1.82) is 0 Å². The molecular weight excluding hydrogens is 262 g/mol. The standard InChI is InChI=1S/C12H15N5O3/c13-12-15-10-9(11(20)16-12)14-5-17(10)7-2-1-6(4-18)8(19)3-7/h1-2,5-8,18-19H,3-4H2,(H3,13,15,16,20)/t6-,7-,8+/m1/s1. The van der Waals surface area contributed by atoms with E-state index in [1.807, 2.05) is 6.08 Å². The third-order valence-electron chi connectivity index (χ3n) is 3.58. The van der Waals surface area contributed by atoms with Gasteiger partial charge in [0.05, 0.1) is 25.1 Å². The number of hydrogen-bond acceptors (Lipinski definition) is 6. The van der Waals surface area contributed by atoms with Crippen molar-refractivity contribution < 1.29 is 10.2 Å². The average Bonchev–Trinajstić information content (AvgIpc) is 2.82. The average molecular weight is 277 g/mol. The number of H-pyrrole nitrogens is 1. The minimum Gasteiger partial charge on any atom is -0.396 e. The van der Waals surface area contributed by atoms with Crippen molar-refractivity contribution in [2.75, 3.05) is 12.3 Å². The lowest BCUT2D eigenvalue weighted by Gasteiger charge is -2.27. The third kappa shape index (κ3) is 1.98. The first-order valence-electron chi connectivity index (χ1n) is 6.29. The van der Waals surface area contributed by atoms with Gasteiger partial charge in [0.2, 0.25) is 5.95 Å². The summed E-state index contributed by atoms with van der Waals surface area (Å²) in [4.78, 5) is 22.2. The normalized spacial score (nSPS) is 26.2. The van der Waals surface area contributed by atoms with Crippen molar-refractivity contribution in [3.63, 3.8) is 0 Å². The molecule has 0 radical (unpaired) electrons. The van der Waals surface area contributed by atoms with Crippen molar-refractivity contribution in [3.8, 4) is 0 Å². The van der Waals surface area contributed by atoms with Crippen molar-refractivity contribution >= 4 is 17.1 Å². The fourth-order valence-electron chi connectivity index (χ4n) is 2.47. The van der Waals surface area contributed by atoms with E-state index in [1.165, 1.54) is 6.33 Å². The lowest BCUT2D eigenvalue weighted by molar-refractivity contribution is 0.0702. The zero-order valence-electron chi connectivity index (χ0n) is 10.6. The van der Waals surface area contributed by atoms with Gasteiger partial charge in [0.15, 0.2) is 11.2 Å². The Kier molecular flexibility index (Phi) is 3.03. The Hall–Kier alpha value is -2.19. The number of aromatic amines is 1. The molecule has 3 rings (SSSR count). The second kappa shape index (κ2) is 4.73. The second-order valence-electron chi connectivity index (χ2n) is 4.88. The summed E-state index contributed by atoms with van der Waals surface area (Å²) in [6.07, 6.45) is 4.91. The molecule has 0 saturated carbocycles. The topological polar surface area (TPSA) is 130 Å². The molecule has 3 atom stereocenters. The number of anilines is 1. The number of nitrogens with one attached hydrogen (secondary N) is 1. The van der Waals surface area contributed by atoms with E-state index in [4.69, 9.17) is 10.8 Å². The van der Waals surface area contributed by atoms with Crippen LogP contribution < -0.4 is 11.3 Å². The number of nitrogen functional groups attached to an aromatic ring is 1. The smallest absolute Gasteiger partial charge is 0.280 e. The van der Waals surface area contributed by atoms with E-state index >= 15 is 0 Å². The van der Waals surface area contributed by atoms with Crippen LogP contribution in [-0.4, -0.2) is 42.4 Å². The van der Waals surface area contributed by atoms with Crippen molar-refractivity contribution in [2.24, 2.45) is 5.92 Å². The number of allylic oxidation sites excluding steroid dienone is 1. The maximum atomic E-state index is 11.7. The molecule has 0 saturated heterocycles. The quantitative estimate of drug-likeness (QED) is 0.530. The number of nitrogens with two attached hydrogens (primary N) is 1. The van der Waals surface area contributed by atoms with Crippen molar-refractivity contribution in [1.82, 2.24) is 19.5 Å². The van der Waals surface area contributed by atoms with Crippen LogP contribution in [0.4, 0.5) is 5.95 Å². The number of rotatable bonds is 2.